The summed E-state index contributed by atoms with van der Waals surface area (Å²) in [5, 5.41) is 7.24. The molecule has 0 saturated carbocycles. The second-order valence-corrected chi connectivity index (χ2v) is 8.45. The Hall–Kier alpha value is -2.11. The molecule has 0 radical (unpaired) electrons. The molecule has 1 aromatic carbocycles. The number of imidazole rings is 1. The normalized spacial score (nSPS) is 11.3. The number of fused-ring (bicyclic) bond motifs is 1. The fourth-order valence-corrected chi connectivity index (χ4v) is 5.03. The summed E-state index contributed by atoms with van der Waals surface area (Å²) in [6.07, 6.45) is -2.76. The number of benzene rings is 1. The van der Waals surface area contributed by atoms with Gasteiger partial charge in [-0.25, -0.2) is 18.7 Å². The highest BCUT2D eigenvalue weighted by atomic mass is 127. The van der Waals surface area contributed by atoms with Crippen LogP contribution in [0.3, 0.4) is 0 Å². The number of para-hydroxylation sites is 1. The van der Waals surface area contributed by atoms with E-state index in [1.54, 1.807) is 25.1 Å². The van der Waals surface area contributed by atoms with Crippen LogP contribution in [0.1, 0.15) is 32.0 Å². The lowest BCUT2D eigenvalue weighted by Gasteiger charge is -2.14. The van der Waals surface area contributed by atoms with Crippen molar-refractivity contribution < 1.29 is 18.0 Å². The molecule has 0 aliphatic carbocycles. The van der Waals surface area contributed by atoms with Gasteiger partial charge in [0.25, 0.3) is 6.43 Å². The molecule has 0 fully saturated rings. The first-order valence-corrected chi connectivity index (χ1v) is 13.8. The first-order valence-electron chi connectivity index (χ1n) is 9.41. The van der Waals surface area contributed by atoms with E-state index in [2.05, 4.69) is 25.4 Å². The maximum absolute atomic E-state index is 13.5. The van der Waals surface area contributed by atoms with Crippen LogP contribution in [0.4, 0.5) is 20.2 Å². The Morgan fingerprint density at radius 2 is 1.97 bits per heavy atom. The number of ether oxygens (including phenoxy) is 1. The molecule has 0 aliphatic rings. The molecule has 3 heterocycles. The Morgan fingerprint density at radius 3 is 2.56 bits per heavy atom. The predicted molar refractivity (Wildman–Crippen MR) is 131 cm³/mol. The number of nitrogens with one attached hydrogen (secondary N) is 1. The standard InChI is InChI=1S/C17H13ClF2IN6O2P.C2H6/c1-7-22-15(26-29-7)8-4-3-5-9(13(8)28-2)23-10-6-11(18)24-16-12(10)25-17(14(19)20)27(16)30-21;1-2/h3-6,14,30H,1-2H3,(H,23,24);1-2H3. The molecule has 170 valence electrons. The second-order valence-electron chi connectivity index (χ2n) is 6.00. The van der Waals surface area contributed by atoms with Crippen molar-refractivity contribution in [2.75, 3.05) is 12.4 Å². The molecule has 0 aliphatic heterocycles. The number of aryl methyl sites for hydroxylation is 1. The maximum Gasteiger partial charge on any atom is 0.295 e. The van der Waals surface area contributed by atoms with Crippen molar-refractivity contribution in [2.45, 2.75) is 27.2 Å². The molecule has 0 spiro atoms. The third-order valence-corrected chi connectivity index (χ3v) is 6.40. The monoisotopic (exact) mass is 594 g/mol. The summed E-state index contributed by atoms with van der Waals surface area (Å²) in [7, 11) is 1.51. The van der Waals surface area contributed by atoms with E-state index in [1.165, 1.54) is 17.5 Å². The van der Waals surface area contributed by atoms with E-state index >= 15 is 0 Å². The summed E-state index contributed by atoms with van der Waals surface area (Å²) >= 11 is 8.17. The van der Waals surface area contributed by atoms with Crippen LogP contribution >= 0.6 is 40.0 Å². The van der Waals surface area contributed by atoms with E-state index in [0.29, 0.717) is 34.4 Å². The van der Waals surface area contributed by atoms with Crippen molar-refractivity contribution in [3.8, 4) is 17.1 Å². The highest BCUT2D eigenvalue weighted by molar-refractivity contribution is 14.2. The van der Waals surface area contributed by atoms with Gasteiger partial charge in [-0.3, -0.25) is 4.34 Å². The molecule has 4 aromatic rings. The van der Waals surface area contributed by atoms with Gasteiger partial charge in [-0.05, 0) is 34.2 Å². The molecule has 0 saturated heterocycles. The number of hydrogen-bond donors (Lipinski definition) is 1. The minimum Gasteiger partial charge on any atom is -0.494 e. The second kappa shape index (κ2) is 10.7. The summed E-state index contributed by atoms with van der Waals surface area (Å²) in [5.74, 6) is 0.862. The molecule has 32 heavy (non-hydrogen) atoms. The Balaban J connectivity index is 0.00000141. The number of pyridine rings is 1. The number of anilines is 2. The van der Waals surface area contributed by atoms with E-state index in [1.807, 2.05) is 35.9 Å². The lowest BCUT2D eigenvalue weighted by Crippen LogP contribution is -1.99. The lowest BCUT2D eigenvalue weighted by molar-refractivity contribution is 0.140. The molecule has 8 nitrogen and oxygen atoms in total. The van der Waals surface area contributed by atoms with Crippen molar-refractivity contribution >= 4 is 62.6 Å². The van der Waals surface area contributed by atoms with Crippen LogP contribution in [-0.4, -0.2) is 31.6 Å². The summed E-state index contributed by atoms with van der Waals surface area (Å²) in [4.78, 5) is 12.5. The fourth-order valence-electron chi connectivity index (χ4n) is 2.94. The highest BCUT2D eigenvalue weighted by Gasteiger charge is 2.23. The van der Waals surface area contributed by atoms with Crippen LogP contribution in [0.2, 0.25) is 5.15 Å². The number of nitrogens with zero attached hydrogens (tertiary/aromatic N) is 5. The Morgan fingerprint density at radius 1 is 1.22 bits per heavy atom. The van der Waals surface area contributed by atoms with Crippen molar-refractivity contribution in [3.63, 3.8) is 0 Å². The van der Waals surface area contributed by atoms with Gasteiger partial charge in [0.2, 0.25) is 11.7 Å². The minimum atomic E-state index is -2.74. The summed E-state index contributed by atoms with van der Waals surface area (Å²) in [5.41, 5.74) is 2.12. The van der Waals surface area contributed by atoms with Crippen LogP contribution in [0.25, 0.3) is 22.6 Å². The van der Waals surface area contributed by atoms with Crippen LogP contribution in [0.15, 0.2) is 28.8 Å². The Kier molecular flexibility index (Phi) is 8.18. The van der Waals surface area contributed by atoms with Gasteiger partial charge in [-0.1, -0.05) is 36.7 Å². The summed E-state index contributed by atoms with van der Waals surface area (Å²) in [6.45, 7) is 5.69. The zero-order valence-corrected chi connectivity index (χ0v) is 21.4. The smallest absolute Gasteiger partial charge is 0.295 e. The lowest BCUT2D eigenvalue weighted by atomic mass is 10.1. The molecule has 3 aromatic heterocycles. The van der Waals surface area contributed by atoms with Crippen molar-refractivity contribution in [3.05, 3.63) is 41.1 Å². The van der Waals surface area contributed by atoms with Gasteiger partial charge in [0.1, 0.15) is 10.7 Å². The number of halogens is 4. The number of hydrogen-bond acceptors (Lipinski definition) is 7. The van der Waals surface area contributed by atoms with Crippen LogP contribution < -0.4 is 10.1 Å². The van der Waals surface area contributed by atoms with Crippen molar-refractivity contribution in [1.82, 2.24) is 24.4 Å². The average molecular weight is 595 g/mol. The van der Waals surface area contributed by atoms with Crippen molar-refractivity contribution in [1.29, 1.82) is 0 Å². The van der Waals surface area contributed by atoms with Gasteiger partial charge in [-0.15, -0.1) is 0 Å². The Labute approximate surface area is 202 Å². The van der Waals surface area contributed by atoms with E-state index in [-0.39, 0.29) is 28.5 Å². The zero-order valence-electron chi connectivity index (χ0n) is 17.5. The van der Waals surface area contributed by atoms with Gasteiger partial charge in [0.05, 0.1) is 30.4 Å². The minimum absolute atomic E-state index is 0.0167. The molecule has 4 rings (SSSR count). The van der Waals surface area contributed by atoms with Gasteiger partial charge >= 0.3 is 0 Å². The first-order chi connectivity index (χ1) is 15.4. The largest absolute Gasteiger partial charge is 0.494 e. The molecular weight excluding hydrogens is 576 g/mol. The molecule has 1 atom stereocenters. The van der Waals surface area contributed by atoms with Crippen LogP contribution in [-0.2, 0) is 0 Å². The molecule has 0 amide bonds. The van der Waals surface area contributed by atoms with Gasteiger partial charge < -0.3 is 14.6 Å². The number of aromatic nitrogens is 5. The van der Waals surface area contributed by atoms with E-state index < -0.39 is 6.43 Å². The van der Waals surface area contributed by atoms with E-state index in [4.69, 9.17) is 20.9 Å². The van der Waals surface area contributed by atoms with Crippen molar-refractivity contribution in [2.24, 2.45) is 0 Å². The topological polar surface area (TPSA) is 90.9 Å². The number of alkyl halides is 2. The number of methoxy groups -OCH3 is 1. The molecule has 1 unspecified atom stereocenters. The molecule has 0 bridgehead atoms. The third kappa shape index (κ3) is 4.79. The number of rotatable bonds is 6. The highest BCUT2D eigenvalue weighted by Crippen LogP contribution is 2.41. The molecule has 13 heteroatoms. The quantitative estimate of drug-likeness (QED) is 0.147. The maximum atomic E-state index is 13.5. The van der Waals surface area contributed by atoms with Gasteiger partial charge in [0, 0.05) is 13.0 Å². The molecule has 1 N–H and O–H groups in total. The fraction of sp³-hybridized carbons (Fsp3) is 0.263. The van der Waals surface area contributed by atoms with Crippen LogP contribution in [0.5, 0.6) is 5.75 Å². The SMILES string of the molecule is CC.COc1c(Nc2cc(Cl)nc3c2nc(C(F)F)n3PI)cccc1-c1noc(C)n1. The van der Waals surface area contributed by atoms with Gasteiger partial charge in [-0.2, -0.15) is 4.98 Å². The predicted octanol–water partition coefficient (Wildman–Crippen LogP) is 6.95. The third-order valence-electron chi connectivity index (χ3n) is 4.15. The van der Waals surface area contributed by atoms with E-state index in [9.17, 15) is 8.78 Å². The average Bonchev–Trinajstić information content (AvgIpc) is 3.38. The zero-order chi connectivity index (χ0) is 23.4. The van der Waals surface area contributed by atoms with Crippen LogP contribution in [0, 0.1) is 6.92 Å². The van der Waals surface area contributed by atoms with Gasteiger partial charge in [0.15, 0.2) is 17.2 Å². The summed E-state index contributed by atoms with van der Waals surface area (Å²) < 4.78 is 38.9. The van der Waals surface area contributed by atoms with E-state index in [0.717, 1.165) is 0 Å². The first kappa shape index (κ1) is 24.5. The summed E-state index contributed by atoms with van der Waals surface area (Å²) in [6, 6.07) is 6.85. The molecular formula is C19H19ClF2IN6O2P. The Bertz CT molecular complexity index is 1240.